The third kappa shape index (κ3) is 6.09. The quantitative estimate of drug-likeness (QED) is 0.723. The highest BCUT2D eigenvalue weighted by Crippen LogP contribution is 2.27. The van der Waals surface area contributed by atoms with E-state index < -0.39 is 5.97 Å². The molecule has 1 N–H and O–H groups in total. The van der Waals surface area contributed by atoms with Gasteiger partial charge in [0.05, 0.1) is 25.2 Å². The Labute approximate surface area is 138 Å². The van der Waals surface area contributed by atoms with Crippen molar-refractivity contribution in [3.63, 3.8) is 0 Å². The highest BCUT2D eigenvalue weighted by molar-refractivity contribution is 6.35. The standard InChI is InChI=1S/C14H17Cl2NO5/c1-21-14(20)4-5-17(6-7-18)13(19)9-22-12-3-2-10(15)8-11(12)16/h2-3,8,18H,4-7,9H2,1H3. The van der Waals surface area contributed by atoms with Crippen LogP contribution in [0.25, 0.3) is 0 Å². The lowest BCUT2D eigenvalue weighted by atomic mass is 10.3. The number of rotatable bonds is 8. The summed E-state index contributed by atoms with van der Waals surface area (Å²) in [5.74, 6) is -0.474. The summed E-state index contributed by atoms with van der Waals surface area (Å²) < 4.78 is 9.85. The molecule has 8 heteroatoms. The summed E-state index contributed by atoms with van der Waals surface area (Å²) in [6.07, 6.45) is 0.0456. The molecule has 0 unspecified atom stereocenters. The molecule has 0 atom stereocenters. The number of nitrogens with zero attached hydrogens (tertiary/aromatic N) is 1. The molecule has 0 heterocycles. The summed E-state index contributed by atoms with van der Waals surface area (Å²) in [6, 6.07) is 4.66. The van der Waals surface area contributed by atoms with Crippen molar-refractivity contribution < 1.29 is 24.2 Å². The van der Waals surface area contributed by atoms with Crippen LogP contribution in [0.3, 0.4) is 0 Å². The summed E-state index contributed by atoms with van der Waals surface area (Å²) >= 11 is 11.7. The van der Waals surface area contributed by atoms with E-state index in [1.165, 1.54) is 18.1 Å². The predicted molar refractivity (Wildman–Crippen MR) is 82.3 cm³/mol. The van der Waals surface area contributed by atoms with E-state index in [1.54, 1.807) is 12.1 Å². The van der Waals surface area contributed by atoms with Crippen LogP contribution in [0.2, 0.25) is 10.0 Å². The molecule has 22 heavy (non-hydrogen) atoms. The molecule has 1 rings (SSSR count). The SMILES string of the molecule is COC(=O)CCN(CCO)C(=O)COc1ccc(Cl)cc1Cl. The van der Waals surface area contributed by atoms with Gasteiger partial charge in [0, 0.05) is 18.1 Å². The summed E-state index contributed by atoms with van der Waals surface area (Å²) in [4.78, 5) is 24.5. The first-order chi connectivity index (χ1) is 10.5. The fourth-order valence-corrected chi connectivity index (χ4v) is 2.10. The molecule has 0 aliphatic carbocycles. The van der Waals surface area contributed by atoms with Gasteiger partial charge in [-0.15, -0.1) is 0 Å². The van der Waals surface area contributed by atoms with E-state index in [0.717, 1.165) is 0 Å². The third-order valence-corrected chi connectivity index (χ3v) is 3.31. The van der Waals surface area contributed by atoms with Crippen LogP contribution in [-0.2, 0) is 14.3 Å². The molecular weight excluding hydrogens is 333 g/mol. The topological polar surface area (TPSA) is 76.1 Å². The number of esters is 1. The van der Waals surface area contributed by atoms with Gasteiger partial charge in [-0.25, -0.2) is 0 Å². The lowest BCUT2D eigenvalue weighted by Crippen LogP contribution is -2.38. The Morgan fingerprint density at radius 2 is 2.00 bits per heavy atom. The van der Waals surface area contributed by atoms with Crippen molar-refractivity contribution in [2.45, 2.75) is 6.42 Å². The van der Waals surface area contributed by atoms with E-state index in [0.29, 0.717) is 15.8 Å². The zero-order valence-electron chi connectivity index (χ0n) is 12.1. The molecule has 0 bridgehead atoms. The highest BCUT2D eigenvalue weighted by Gasteiger charge is 2.16. The van der Waals surface area contributed by atoms with Crippen LogP contribution in [0.1, 0.15) is 6.42 Å². The van der Waals surface area contributed by atoms with E-state index in [1.807, 2.05) is 0 Å². The van der Waals surface area contributed by atoms with Gasteiger partial charge in [-0.2, -0.15) is 0 Å². The molecule has 0 aliphatic rings. The second-order valence-corrected chi connectivity index (χ2v) is 5.14. The maximum absolute atomic E-state index is 12.1. The maximum atomic E-state index is 12.1. The summed E-state index contributed by atoms with van der Waals surface area (Å²) in [5, 5.41) is 9.74. The molecule has 0 saturated carbocycles. The fourth-order valence-electron chi connectivity index (χ4n) is 1.63. The zero-order chi connectivity index (χ0) is 16.5. The Kier molecular flexibility index (Phi) is 8.01. The zero-order valence-corrected chi connectivity index (χ0v) is 13.6. The summed E-state index contributed by atoms with van der Waals surface area (Å²) in [7, 11) is 1.27. The van der Waals surface area contributed by atoms with Crippen molar-refractivity contribution >= 4 is 35.1 Å². The van der Waals surface area contributed by atoms with E-state index >= 15 is 0 Å². The molecule has 0 saturated heterocycles. The molecule has 0 aromatic heterocycles. The molecule has 0 radical (unpaired) electrons. The third-order valence-electron chi connectivity index (χ3n) is 2.78. The minimum Gasteiger partial charge on any atom is -0.482 e. The fraction of sp³-hybridized carbons (Fsp3) is 0.429. The first-order valence-corrected chi connectivity index (χ1v) is 7.26. The number of carbonyl (C=O) groups is 2. The van der Waals surface area contributed by atoms with Crippen LogP contribution >= 0.6 is 23.2 Å². The lowest BCUT2D eigenvalue weighted by molar-refractivity contribution is -0.142. The number of aliphatic hydroxyl groups is 1. The minimum absolute atomic E-state index is 0.0456. The average Bonchev–Trinajstić information content (AvgIpc) is 2.49. The number of hydrogen-bond acceptors (Lipinski definition) is 5. The van der Waals surface area contributed by atoms with Crippen LogP contribution in [0.4, 0.5) is 0 Å². The van der Waals surface area contributed by atoms with Gasteiger partial charge in [-0.05, 0) is 18.2 Å². The molecule has 1 aromatic carbocycles. The second kappa shape index (κ2) is 9.50. The molecule has 0 aliphatic heterocycles. The van der Waals surface area contributed by atoms with Gasteiger partial charge < -0.3 is 19.5 Å². The average molecular weight is 350 g/mol. The van der Waals surface area contributed by atoms with E-state index in [4.69, 9.17) is 33.0 Å². The van der Waals surface area contributed by atoms with Gasteiger partial charge in [-0.1, -0.05) is 23.2 Å². The monoisotopic (exact) mass is 349 g/mol. The molecule has 0 fully saturated rings. The number of methoxy groups -OCH3 is 1. The van der Waals surface area contributed by atoms with Crippen molar-refractivity contribution in [1.82, 2.24) is 4.90 Å². The Morgan fingerprint density at radius 3 is 2.59 bits per heavy atom. The molecule has 122 valence electrons. The first-order valence-electron chi connectivity index (χ1n) is 6.51. The van der Waals surface area contributed by atoms with Crippen LogP contribution in [-0.4, -0.2) is 55.3 Å². The van der Waals surface area contributed by atoms with Crippen LogP contribution in [0, 0.1) is 0 Å². The van der Waals surface area contributed by atoms with Gasteiger partial charge in [0.25, 0.3) is 5.91 Å². The van der Waals surface area contributed by atoms with Gasteiger partial charge in [0.2, 0.25) is 0 Å². The lowest BCUT2D eigenvalue weighted by Gasteiger charge is -2.21. The molecule has 0 spiro atoms. The van der Waals surface area contributed by atoms with Crippen LogP contribution in [0.15, 0.2) is 18.2 Å². The second-order valence-electron chi connectivity index (χ2n) is 4.29. The van der Waals surface area contributed by atoms with E-state index in [2.05, 4.69) is 4.74 Å². The first kappa shape index (κ1) is 18.5. The predicted octanol–water partition coefficient (Wildman–Crippen LogP) is 1.76. The largest absolute Gasteiger partial charge is 0.482 e. The number of halogens is 2. The van der Waals surface area contributed by atoms with Gasteiger partial charge in [0.15, 0.2) is 6.61 Å². The Bertz CT molecular complexity index is 524. The van der Waals surface area contributed by atoms with E-state index in [9.17, 15) is 9.59 Å². The number of hydrogen-bond donors (Lipinski definition) is 1. The van der Waals surface area contributed by atoms with Crippen LogP contribution in [0.5, 0.6) is 5.75 Å². The highest BCUT2D eigenvalue weighted by atomic mass is 35.5. The van der Waals surface area contributed by atoms with Gasteiger partial charge in [0.1, 0.15) is 5.75 Å². The van der Waals surface area contributed by atoms with Crippen molar-refractivity contribution in [3.05, 3.63) is 28.2 Å². The molecule has 1 aromatic rings. The minimum atomic E-state index is -0.433. The van der Waals surface area contributed by atoms with Crippen molar-refractivity contribution in [2.75, 3.05) is 33.4 Å². The van der Waals surface area contributed by atoms with Crippen molar-refractivity contribution in [3.8, 4) is 5.75 Å². The maximum Gasteiger partial charge on any atom is 0.307 e. The number of ether oxygens (including phenoxy) is 2. The van der Waals surface area contributed by atoms with Crippen LogP contribution < -0.4 is 4.74 Å². The Hall–Kier alpha value is -1.50. The molecule has 6 nitrogen and oxygen atoms in total. The molecule has 1 amide bonds. The normalized spacial score (nSPS) is 10.2. The van der Waals surface area contributed by atoms with Gasteiger partial charge in [-0.3, -0.25) is 9.59 Å². The number of aliphatic hydroxyl groups excluding tert-OH is 1. The molecular formula is C14H17Cl2NO5. The summed E-state index contributed by atoms with van der Waals surface area (Å²) in [6.45, 7) is -0.228. The Morgan fingerprint density at radius 1 is 1.27 bits per heavy atom. The smallest absolute Gasteiger partial charge is 0.307 e. The Balaban J connectivity index is 2.57. The number of amides is 1. The number of benzene rings is 1. The van der Waals surface area contributed by atoms with E-state index in [-0.39, 0.29) is 38.6 Å². The van der Waals surface area contributed by atoms with Crippen molar-refractivity contribution in [1.29, 1.82) is 0 Å². The summed E-state index contributed by atoms with van der Waals surface area (Å²) in [5.41, 5.74) is 0. The van der Waals surface area contributed by atoms with Crippen molar-refractivity contribution in [2.24, 2.45) is 0 Å². The van der Waals surface area contributed by atoms with Gasteiger partial charge >= 0.3 is 5.97 Å². The number of carbonyl (C=O) groups excluding carboxylic acids is 2.